The van der Waals surface area contributed by atoms with E-state index in [1.807, 2.05) is 24.3 Å². The number of anilines is 1. The number of para-hydroxylation sites is 1. The summed E-state index contributed by atoms with van der Waals surface area (Å²) in [5, 5.41) is 5.66. The highest BCUT2D eigenvalue weighted by Gasteiger charge is 2.56. The van der Waals surface area contributed by atoms with Crippen LogP contribution in [0.5, 0.6) is 5.75 Å². The number of amides is 2. The second-order valence-electron chi connectivity index (χ2n) is 6.99. The van der Waals surface area contributed by atoms with Gasteiger partial charge in [0.2, 0.25) is 11.8 Å². The third-order valence-corrected chi connectivity index (χ3v) is 5.04. The first-order valence-electron chi connectivity index (χ1n) is 9.29. The minimum absolute atomic E-state index is 0.0361. The maximum Gasteiger partial charge on any atom is 0.240 e. The highest BCUT2D eigenvalue weighted by atomic mass is 16.5. The predicted octanol–water partition coefficient (Wildman–Crippen LogP) is 2.98. The monoisotopic (exact) mass is 380 g/mol. The third-order valence-electron chi connectivity index (χ3n) is 5.04. The lowest BCUT2D eigenvalue weighted by atomic mass is 10.0. The smallest absolute Gasteiger partial charge is 0.240 e. The van der Waals surface area contributed by atoms with Crippen LogP contribution in [0.4, 0.5) is 5.69 Å². The number of ketones is 1. The van der Waals surface area contributed by atoms with E-state index in [2.05, 4.69) is 10.6 Å². The largest absolute Gasteiger partial charge is 0.496 e. The van der Waals surface area contributed by atoms with Gasteiger partial charge in [0.05, 0.1) is 7.11 Å². The van der Waals surface area contributed by atoms with Gasteiger partial charge in [0, 0.05) is 17.8 Å². The number of benzene rings is 2. The summed E-state index contributed by atoms with van der Waals surface area (Å²) in [6, 6.07) is 14.3. The highest BCUT2D eigenvalue weighted by Crippen LogP contribution is 2.46. The van der Waals surface area contributed by atoms with Crippen molar-refractivity contribution in [3.8, 4) is 5.75 Å². The molecule has 0 radical (unpaired) electrons. The van der Waals surface area contributed by atoms with Crippen LogP contribution in [0.25, 0.3) is 0 Å². The van der Waals surface area contributed by atoms with E-state index >= 15 is 0 Å². The molecule has 1 fully saturated rings. The number of hydrogen-bond acceptors (Lipinski definition) is 4. The molecule has 146 valence electrons. The van der Waals surface area contributed by atoms with Crippen molar-refractivity contribution in [1.29, 1.82) is 0 Å². The fourth-order valence-corrected chi connectivity index (χ4v) is 3.11. The van der Waals surface area contributed by atoms with Crippen molar-refractivity contribution in [1.82, 2.24) is 5.32 Å². The van der Waals surface area contributed by atoms with Crippen LogP contribution in [0.1, 0.15) is 35.7 Å². The molecule has 6 heteroatoms. The number of hydrogen-bond donors (Lipinski definition) is 2. The minimum atomic E-state index is -1.000. The van der Waals surface area contributed by atoms with Crippen molar-refractivity contribution < 1.29 is 19.1 Å². The molecule has 6 nitrogen and oxygen atoms in total. The summed E-state index contributed by atoms with van der Waals surface area (Å²) in [4.78, 5) is 36.6. The Morgan fingerprint density at radius 2 is 1.68 bits per heavy atom. The fraction of sp³-hybridized carbons (Fsp3) is 0.318. The molecule has 0 saturated heterocycles. The second-order valence-corrected chi connectivity index (χ2v) is 6.99. The van der Waals surface area contributed by atoms with Gasteiger partial charge in [-0.1, -0.05) is 18.2 Å². The molecule has 1 aliphatic carbocycles. The normalized spacial score (nSPS) is 14.1. The van der Waals surface area contributed by atoms with E-state index in [1.54, 1.807) is 31.4 Å². The lowest BCUT2D eigenvalue weighted by Gasteiger charge is -2.16. The van der Waals surface area contributed by atoms with Gasteiger partial charge in [-0.05, 0) is 62.1 Å². The van der Waals surface area contributed by atoms with Gasteiger partial charge in [0.15, 0.2) is 5.78 Å². The van der Waals surface area contributed by atoms with Crippen molar-refractivity contribution in [2.24, 2.45) is 5.41 Å². The Bertz CT molecular complexity index is 886. The molecule has 0 aromatic heterocycles. The molecule has 2 amide bonds. The maximum absolute atomic E-state index is 12.6. The zero-order chi connectivity index (χ0) is 20.1. The van der Waals surface area contributed by atoms with E-state index in [0.29, 0.717) is 37.1 Å². The zero-order valence-corrected chi connectivity index (χ0v) is 16.1. The first-order valence-corrected chi connectivity index (χ1v) is 9.29. The Morgan fingerprint density at radius 3 is 2.29 bits per heavy atom. The number of carbonyl (C=O) groups is 3. The van der Waals surface area contributed by atoms with Gasteiger partial charge in [-0.15, -0.1) is 0 Å². The Labute approximate surface area is 164 Å². The molecule has 0 spiro atoms. The van der Waals surface area contributed by atoms with Crippen molar-refractivity contribution in [2.75, 3.05) is 19.0 Å². The summed E-state index contributed by atoms with van der Waals surface area (Å²) in [7, 11) is 1.61. The quantitative estimate of drug-likeness (QED) is 0.545. The molecule has 2 N–H and O–H groups in total. The standard InChI is InChI=1S/C22H24N2O4/c1-15(25)16-7-9-18(10-8-16)24-21(27)22(12-13-22)20(26)23-14-11-17-5-3-4-6-19(17)28-2/h3-10H,11-14H2,1-2H3,(H,23,26)(H,24,27). The summed E-state index contributed by atoms with van der Waals surface area (Å²) in [5.74, 6) is 0.189. The van der Waals surface area contributed by atoms with Crippen LogP contribution in [-0.2, 0) is 16.0 Å². The maximum atomic E-state index is 12.6. The zero-order valence-electron chi connectivity index (χ0n) is 16.1. The summed E-state index contributed by atoms with van der Waals surface area (Å²) >= 11 is 0. The van der Waals surface area contributed by atoms with E-state index in [0.717, 1.165) is 11.3 Å². The summed E-state index contributed by atoms with van der Waals surface area (Å²) < 4.78 is 5.31. The highest BCUT2D eigenvalue weighted by molar-refractivity contribution is 6.13. The summed E-state index contributed by atoms with van der Waals surface area (Å²) in [6.07, 6.45) is 1.69. The lowest BCUT2D eigenvalue weighted by Crippen LogP contribution is -2.40. The van der Waals surface area contributed by atoms with Gasteiger partial charge in [-0.25, -0.2) is 0 Å². The second kappa shape index (κ2) is 8.25. The van der Waals surface area contributed by atoms with Crippen LogP contribution in [0, 0.1) is 5.41 Å². The van der Waals surface area contributed by atoms with E-state index in [1.165, 1.54) is 6.92 Å². The Balaban J connectivity index is 1.55. The topological polar surface area (TPSA) is 84.5 Å². The van der Waals surface area contributed by atoms with Crippen LogP contribution in [-0.4, -0.2) is 31.3 Å². The molecular formula is C22H24N2O4. The molecule has 0 aliphatic heterocycles. The average Bonchev–Trinajstić information content (AvgIpc) is 3.51. The summed E-state index contributed by atoms with van der Waals surface area (Å²) in [5.41, 5.74) is 1.15. The fourth-order valence-electron chi connectivity index (χ4n) is 3.11. The third kappa shape index (κ3) is 4.22. The molecule has 0 unspecified atom stereocenters. The number of ether oxygens (including phenoxy) is 1. The number of methoxy groups -OCH3 is 1. The van der Waals surface area contributed by atoms with Gasteiger partial charge in [-0.2, -0.15) is 0 Å². The van der Waals surface area contributed by atoms with E-state index in [9.17, 15) is 14.4 Å². The van der Waals surface area contributed by atoms with Crippen molar-refractivity contribution in [2.45, 2.75) is 26.2 Å². The first-order chi connectivity index (χ1) is 13.5. The van der Waals surface area contributed by atoms with Crippen LogP contribution in [0.3, 0.4) is 0 Å². The molecule has 0 bridgehead atoms. The van der Waals surface area contributed by atoms with Crippen molar-refractivity contribution >= 4 is 23.3 Å². The van der Waals surface area contributed by atoms with Gasteiger partial charge in [0.1, 0.15) is 11.2 Å². The van der Waals surface area contributed by atoms with Crippen LogP contribution >= 0.6 is 0 Å². The van der Waals surface area contributed by atoms with E-state index in [4.69, 9.17) is 4.74 Å². The number of Topliss-reactive ketones (excluding diaryl/α,β-unsaturated/α-hetero) is 1. The van der Waals surface area contributed by atoms with Crippen LogP contribution in [0.2, 0.25) is 0 Å². The number of nitrogens with one attached hydrogen (secondary N) is 2. The Morgan fingerprint density at radius 1 is 1.00 bits per heavy atom. The molecule has 2 aromatic carbocycles. The SMILES string of the molecule is COc1ccccc1CCNC(=O)C1(C(=O)Nc2ccc(C(C)=O)cc2)CC1. The Kier molecular flexibility index (Phi) is 5.78. The van der Waals surface area contributed by atoms with Gasteiger partial charge in [-0.3, -0.25) is 14.4 Å². The van der Waals surface area contributed by atoms with Crippen molar-refractivity contribution in [3.05, 3.63) is 59.7 Å². The first kappa shape index (κ1) is 19.6. The summed E-state index contributed by atoms with van der Waals surface area (Å²) in [6.45, 7) is 1.92. The van der Waals surface area contributed by atoms with Gasteiger partial charge >= 0.3 is 0 Å². The lowest BCUT2D eigenvalue weighted by molar-refractivity contribution is -0.134. The predicted molar refractivity (Wildman–Crippen MR) is 106 cm³/mol. The molecular weight excluding hydrogens is 356 g/mol. The van der Waals surface area contributed by atoms with Gasteiger partial charge in [0.25, 0.3) is 0 Å². The molecule has 1 saturated carbocycles. The van der Waals surface area contributed by atoms with Crippen LogP contribution < -0.4 is 15.4 Å². The van der Waals surface area contributed by atoms with Gasteiger partial charge < -0.3 is 15.4 Å². The molecule has 3 rings (SSSR count). The Hall–Kier alpha value is -3.15. The van der Waals surface area contributed by atoms with Crippen LogP contribution in [0.15, 0.2) is 48.5 Å². The van der Waals surface area contributed by atoms with Crippen molar-refractivity contribution in [3.63, 3.8) is 0 Å². The molecule has 0 atom stereocenters. The molecule has 28 heavy (non-hydrogen) atoms. The molecule has 1 aliphatic rings. The molecule has 2 aromatic rings. The minimum Gasteiger partial charge on any atom is -0.496 e. The average molecular weight is 380 g/mol. The van der Waals surface area contributed by atoms with E-state index < -0.39 is 5.41 Å². The number of rotatable bonds is 8. The van der Waals surface area contributed by atoms with E-state index in [-0.39, 0.29) is 17.6 Å². The molecule has 0 heterocycles. The number of carbonyl (C=O) groups excluding carboxylic acids is 3.